The van der Waals surface area contributed by atoms with Gasteiger partial charge in [0.2, 0.25) is 0 Å². The van der Waals surface area contributed by atoms with Gasteiger partial charge in [-0.2, -0.15) is 17.0 Å². The lowest BCUT2D eigenvalue weighted by Crippen LogP contribution is -2.39. The Hall–Kier alpha value is -0.820. The number of hydrogen-bond donors (Lipinski definition) is 0. The Kier molecular flexibility index (Phi) is 4.90. The monoisotopic (exact) mass is 318 g/mol. The van der Waals surface area contributed by atoms with Gasteiger partial charge in [0.05, 0.1) is 7.11 Å². The molecular formula is C13H19ClN2O3S. The van der Waals surface area contributed by atoms with Crippen molar-refractivity contribution in [1.29, 1.82) is 0 Å². The average molecular weight is 319 g/mol. The Bertz CT molecular complexity index is 571. The minimum absolute atomic E-state index is 0.239. The van der Waals surface area contributed by atoms with E-state index in [0.717, 1.165) is 18.4 Å². The van der Waals surface area contributed by atoms with E-state index in [0.29, 0.717) is 23.9 Å². The highest BCUT2D eigenvalue weighted by molar-refractivity contribution is 7.86. The van der Waals surface area contributed by atoms with Crippen LogP contribution in [0.1, 0.15) is 18.4 Å². The molecule has 1 aromatic rings. The predicted molar refractivity (Wildman–Crippen MR) is 79.2 cm³/mol. The number of methoxy groups -OCH3 is 1. The molecule has 2 rings (SSSR count). The van der Waals surface area contributed by atoms with Gasteiger partial charge >= 0.3 is 0 Å². The molecule has 1 fully saturated rings. The molecule has 1 aromatic carbocycles. The van der Waals surface area contributed by atoms with Crippen molar-refractivity contribution in [3.8, 4) is 5.75 Å². The van der Waals surface area contributed by atoms with Gasteiger partial charge in [0.1, 0.15) is 5.75 Å². The first-order valence-electron chi connectivity index (χ1n) is 6.49. The van der Waals surface area contributed by atoms with Crippen molar-refractivity contribution in [2.75, 3.05) is 27.2 Å². The van der Waals surface area contributed by atoms with Crippen molar-refractivity contribution in [2.24, 2.45) is 0 Å². The van der Waals surface area contributed by atoms with Crippen LogP contribution in [0, 0.1) is 0 Å². The minimum Gasteiger partial charge on any atom is -0.496 e. The minimum atomic E-state index is -3.41. The van der Waals surface area contributed by atoms with Gasteiger partial charge in [-0.15, -0.1) is 0 Å². The second-order valence-corrected chi connectivity index (χ2v) is 7.30. The summed E-state index contributed by atoms with van der Waals surface area (Å²) in [6.07, 6.45) is 1.85. The normalized spacial score (nSPS) is 16.8. The largest absolute Gasteiger partial charge is 0.496 e. The molecule has 1 aliphatic rings. The summed E-state index contributed by atoms with van der Waals surface area (Å²) >= 11 is 5.96. The molecule has 0 bridgehead atoms. The lowest BCUT2D eigenvalue weighted by atomic mass is 10.2. The molecule has 0 aromatic heterocycles. The van der Waals surface area contributed by atoms with E-state index in [1.54, 1.807) is 32.4 Å². The fraction of sp³-hybridized carbons (Fsp3) is 0.538. The number of rotatable bonds is 5. The number of halogens is 1. The van der Waals surface area contributed by atoms with Crippen molar-refractivity contribution in [3.05, 3.63) is 28.8 Å². The van der Waals surface area contributed by atoms with Crippen LogP contribution in [0.3, 0.4) is 0 Å². The first-order valence-corrected chi connectivity index (χ1v) is 8.26. The molecule has 0 spiro atoms. The van der Waals surface area contributed by atoms with Gasteiger partial charge in [0, 0.05) is 37.3 Å². The lowest BCUT2D eigenvalue weighted by Gasteiger charge is -2.24. The van der Waals surface area contributed by atoms with E-state index in [4.69, 9.17) is 16.3 Å². The van der Waals surface area contributed by atoms with Crippen LogP contribution in [0.2, 0.25) is 5.02 Å². The molecule has 1 heterocycles. The first kappa shape index (κ1) is 15.6. The Morgan fingerprint density at radius 1 is 1.35 bits per heavy atom. The molecule has 112 valence electrons. The molecule has 1 aliphatic heterocycles. The highest BCUT2D eigenvalue weighted by atomic mass is 35.5. The van der Waals surface area contributed by atoms with Crippen LogP contribution in [0.25, 0.3) is 0 Å². The maximum absolute atomic E-state index is 12.4. The molecule has 0 aliphatic carbocycles. The maximum Gasteiger partial charge on any atom is 0.282 e. The molecule has 20 heavy (non-hydrogen) atoms. The van der Waals surface area contributed by atoms with E-state index in [-0.39, 0.29) is 6.54 Å². The smallest absolute Gasteiger partial charge is 0.282 e. The van der Waals surface area contributed by atoms with Crippen LogP contribution in [0.5, 0.6) is 5.75 Å². The van der Waals surface area contributed by atoms with Gasteiger partial charge in [-0.25, -0.2) is 0 Å². The summed E-state index contributed by atoms with van der Waals surface area (Å²) < 4.78 is 32.9. The number of nitrogens with zero attached hydrogens (tertiary/aromatic N) is 2. The van der Waals surface area contributed by atoms with Crippen LogP contribution in [0.15, 0.2) is 18.2 Å². The highest BCUT2D eigenvalue weighted by Crippen LogP contribution is 2.25. The zero-order valence-electron chi connectivity index (χ0n) is 11.7. The predicted octanol–water partition coefficient (Wildman–Crippen LogP) is 2.12. The summed E-state index contributed by atoms with van der Waals surface area (Å²) in [4.78, 5) is 0. The maximum atomic E-state index is 12.4. The number of benzene rings is 1. The van der Waals surface area contributed by atoms with Crippen LogP contribution in [0.4, 0.5) is 0 Å². The van der Waals surface area contributed by atoms with Crippen LogP contribution >= 0.6 is 11.6 Å². The topological polar surface area (TPSA) is 49.9 Å². The fourth-order valence-electron chi connectivity index (χ4n) is 2.31. The molecule has 7 heteroatoms. The van der Waals surface area contributed by atoms with E-state index >= 15 is 0 Å². The van der Waals surface area contributed by atoms with Gasteiger partial charge in [0.15, 0.2) is 0 Å². The number of ether oxygens (including phenoxy) is 1. The van der Waals surface area contributed by atoms with E-state index in [1.807, 2.05) is 0 Å². The standard InChI is InChI=1S/C13H19ClN2O3S/c1-15(20(17,18)16-7-3-4-8-16)10-11-9-12(14)5-6-13(11)19-2/h5-6,9H,3-4,7-8,10H2,1-2H3. The van der Waals surface area contributed by atoms with Gasteiger partial charge in [0.25, 0.3) is 10.2 Å². The third-order valence-electron chi connectivity index (χ3n) is 3.42. The molecule has 0 amide bonds. The Balaban J connectivity index is 2.18. The van der Waals surface area contributed by atoms with E-state index < -0.39 is 10.2 Å². The second kappa shape index (κ2) is 6.30. The molecule has 0 N–H and O–H groups in total. The van der Waals surface area contributed by atoms with Crippen LogP contribution < -0.4 is 4.74 Å². The summed E-state index contributed by atoms with van der Waals surface area (Å²) in [5.74, 6) is 0.637. The summed E-state index contributed by atoms with van der Waals surface area (Å²) in [6, 6.07) is 5.20. The molecule has 0 atom stereocenters. The van der Waals surface area contributed by atoms with E-state index in [9.17, 15) is 8.42 Å². The fourth-order valence-corrected chi connectivity index (χ4v) is 3.92. The molecule has 0 saturated carbocycles. The summed E-state index contributed by atoms with van der Waals surface area (Å²) in [7, 11) is -0.272. The average Bonchev–Trinajstić information content (AvgIpc) is 2.93. The van der Waals surface area contributed by atoms with Gasteiger partial charge in [-0.3, -0.25) is 0 Å². The second-order valence-electron chi connectivity index (χ2n) is 4.83. The Morgan fingerprint density at radius 2 is 2.00 bits per heavy atom. The lowest BCUT2D eigenvalue weighted by molar-refractivity contribution is 0.377. The van der Waals surface area contributed by atoms with Crippen LogP contribution in [-0.2, 0) is 16.8 Å². The summed E-state index contributed by atoms with van der Waals surface area (Å²) in [5.41, 5.74) is 0.755. The SMILES string of the molecule is COc1ccc(Cl)cc1CN(C)S(=O)(=O)N1CCCC1. The Morgan fingerprint density at radius 3 is 2.60 bits per heavy atom. The zero-order chi connectivity index (χ0) is 14.8. The zero-order valence-corrected chi connectivity index (χ0v) is 13.2. The highest BCUT2D eigenvalue weighted by Gasteiger charge is 2.29. The van der Waals surface area contributed by atoms with Gasteiger partial charge < -0.3 is 4.74 Å². The quantitative estimate of drug-likeness (QED) is 0.835. The number of hydrogen-bond acceptors (Lipinski definition) is 3. The third kappa shape index (κ3) is 3.25. The van der Waals surface area contributed by atoms with Gasteiger partial charge in [-0.05, 0) is 31.0 Å². The molecule has 0 radical (unpaired) electrons. The van der Waals surface area contributed by atoms with Crippen molar-refractivity contribution in [1.82, 2.24) is 8.61 Å². The van der Waals surface area contributed by atoms with Crippen molar-refractivity contribution >= 4 is 21.8 Å². The molecule has 0 unspecified atom stereocenters. The molecular weight excluding hydrogens is 300 g/mol. The molecule has 1 saturated heterocycles. The van der Waals surface area contributed by atoms with Crippen molar-refractivity contribution in [3.63, 3.8) is 0 Å². The first-order chi connectivity index (χ1) is 9.45. The summed E-state index contributed by atoms with van der Waals surface area (Å²) in [5, 5.41) is 0.563. The molecule has 5 nitrogen and oxygen atoms in total. The van der Waals surface area contributed by atoms with Crippen molar-refractivity contribution in [2.45, 2.75) is 19.4 Å². The summed E-state index contributed by atoms with van der Waals surface area (Å²) in [6.45, 7) is 1.43. The van der Waals surface area contributed by atoms with E-state index in [2.05, 4.69) is 0 Å². The van der Waals surface area contributed by atoms with E-state index in [1.165, 1.54) is 8.61 Å². The van der Waals surface area contributed by atoms with Crippen molar-refractivity contribution < 1.29 is 13.2 Å². The van der Waals surface area contributed by atoms with Gasteiger partial charge in [-0.1, -0.05) is 11.6 Å². The Labute approximate surface area is 125 Å². The van der Waals surface area contributed by atoms with Crippen LogP contribution in [-0.4, -0.2) is 44.3 Å². The third-order valence-corrected chi connectivity index (χ3v) is 5.59.